The molecule has 2 heterocycles. The highest BCUT2D eigenvalue weighted by atomic mass is 35.5. The number of anilines is 1. The van der Waals surface area contributed by atoms with Crippen LogP contribution in [0.1, 0.15) is 31.5 Å². The fraction of sp³-hybridized carbons (Fsp3) is 0.318. The molecule has 3 rings (SSSR count). The highest BCUT2D eigenvalue weighted by Gasteiger charge is 2.21. The van der Waals surface area contributed by atoms with E-state index in [-0.39, 0.29) is 24.1 Å². The summed E-state index contributed by atoms with van der Waals surface area (Å²) in [6, 6.07) is 4.96. The molecule has 3 aromatic rings. The molecule has 2 aromatic heterocycles. The second-order valence-corrected chi connectivity index (χ2v) is 9.68. The van der Waals surface area contributed by atoms with Gasteiger partial charge in [0.15, 0.2) is 22.2 Å². The molecule has 0 spiro atoms. The Kier molecular flexibility index (Phi) is 9.96. The van der Waals surface area contributed by atoms with Gasteiger partial charge in [0.25, 0.3) is 0 Å². The average Bonchev–Trinajstić information content (AvgIpc) is 3.42. The lowest BCUT2D eigenvalue weighted by Gasteiger charge is -2.16. The molecule has 0 fully saturated rings. The zero-order chi connectivity index (χ0) is 25.4. The number of allylic oxidation sites excluding steroid dienone is 1. The predicted octanol–water partition coefficient (Wildman–Crippen LogP) is 5.20. The number of aromatic nitrogens is 4. The largest absolute Gasteiger partial charge is 0.481 e. The molecule has 0 bridgehead atoms. The van der Waals surface area contributed by atoms with Gasteiger partial charge in [-0.25, -0.2) is 4.98 Å². The lowest BCUT2D eigenvalue weighted by atomic mass is 10.3. The maximum atomic E-state index is 12.5. The van der Waals surface area contributed by atoms with E-state index in [1.165, 1.54) is 23.1 Å². The Hall–Kier alpha value is -2.60. The molecule has 0 aliphatic heterocycles. The number of hydrogen-bond donors (Lipinski definition) is 1. The summed E-state index contributed by atoms with van der Waals surface area (Å²) in [5.74, 6) is 0.431. The molecule has 0 aliphatic carbocycles. The van der Waals surface area contributed by atoms with Gasteiger partial charge in [-0.05, 0) is 26.0 Å². The number of nitrogens with zero attached hydrogens (tertiary/aromatic N) is 4. The number of carbonyl (C=O) groups is 2. The van der Waals surface area contributed by atoms with Crippen molar-refractivity contribution < 1.29 is 19.1 Å². The van der Waals surface area contributed by atoms with Crippen LogP contribution in [0.2, 0.25) is 10.0 Å². The van der Waals surface area contributed by atoms with Crippen molar-refractivity contribution in [2.75, 3.05) is 17.7 Å². The van der Waals surface area contributed by atoms with Crippen LogP contribution in [0, 0.1) is 0 Å². The fourth-order valence-electron chi connectivity index (χ4n) is 2.91. The van der Waals surface area contributed by atoms with Crippen LogP contribution in [0.15, 0.2) is 41.4 Å². The Morgan fingerprint density at radius 3 is 2.89 bits per heavy atom. The number of esters is 1. The van der Waals surface area contributed by atoms with Crippen molar-refractivity contribution in [3.63, 3.8) is 0 Å². The number of nitrogens with one attached hydrogen (secondary N) is 1. The van der Waals surface area contributed by atoms with E-state index in [0.29, 0.717) is 50.8 Å². The number of rotatable bonds is 12. The molecular formula is C22H23Cl2N5O4S2. The van der Waals surface area contributed by atoms with Crippen molar-refractivity contribution in [2.24, 2.45) is 0 Å². The van der Waals surface area contributed by atoms with Crippen LogP contribution in [-0.2, 0) is 27.3 Å². The minimum absolute atomic E-state index is 0.0586. The first-order valence-corrected chi connectivity index (χ1v) is 13.1. The highest BCUT2D eigenvalue weighted by Crippen LogP contribution is 2.32. The quantitative estimate of drug-likeness (QED) is 0.184. The van der Waals surface area contributed by atoms with Crippen molar-refractivity contribution in [2.45, 2.75) is 38.1 Å². The number of hydrogen-bond acceptors (Lipinski definition) is 9. The molecule has 0 aliphatic rings. The van der Waals surface area contributed by atoms with Crippen LogP contribution >= 0.6 is 46.3 Å². The SMILES string of the molecule is C=CCn1c(SCC(=O)Nc2nc(CC(=O)OCC)cs2)nnc1C(C)Oc1cc(Cl)ccc1Cl. The van der Waals surface area contributed by atoms with Crippen LogP contribution in [0.5, 0.6) is 5.75 Å². The molecule has 0 saturated carbocycles. The van der Waals surface area contributed by atoms with Crippen molar-refractivity contribution in [1.82, 2.24) is 19.7 Å². The van der Waals surface area contributed by atoms with Crippen molar-refractivity contribution >= 4 is 63.3 Å². The Balaban J connectivity index is 1.62. The van der Waals surface area contributed by atoms with E-state index in [0.717, 1.165) is 0 Å². The van der Waals surface area contributed by atoms with E-state index in [2.05, 4.69) is 27.1 Å². The van der Waals surface area contributed by atoms with Gasteiger partial charge in [0.1, 0.15) is 5.75 Å². The van der Waals surface area contributed by atoms with Crippen molar-refractivity contribution in [3.05, 3.63) is 57.8 Å². The molecule has 0 saturated heterocycles. The normalized spacial score (nSPS) is 11.7. The van der Waals surface area contributed by atoms with Crippen LogP contribution in [-0.4, -0.2) is 44.0 Å². The predicted molar refractivity (Wildman–Crippen MR) is 138 cm³/mol. The first-order chi connectivity index (χ1) is 16.8. The summed E-state index contributed by atoms with van der Waals surface area (Å²) >= 11 is 14.7. The van der Waals surface area contributed by atoms with E-state index in [9.17, 15) is 9.59 Å². The lowest BCUT2D eigenvalue weighted by Crippen LogP contribution is -2.15. The number of thiazole rings is 1. The second-order valence-electron chi connectivity index (χ2n) is 7.04. The topological polar surface area (TPSA) is 108 Å². The maximum absolute atomic E-state index is 12.5. The minimum atomic E-state index is -0.491. The third kappa shape index (κ3) is 7.69. The van der Waals surface area contributed by atoms with Crippen LogP contribution in [0.3, 0.4) is 0 Å². The number of amides is 1. The molecule has 1 atom stereocenters. The molecule has 0 radical (unpaired) electrons. The van der Waals surface area contributed by atoms with Crippen molar-refractivity contribution in [3.8, 4) is 5.75 Å². The van der Waals surface area contributed by atoms with E-state index in [1.54, 1.807) is 36.6 Å². The summed E-state index contributed by atoms with van der Waals surface area (Å²) in [7, 11) is 0. The molecule has 35 heavy (non-hydrogen) atoms. The maximum Gasteiger partial charge on any atom is 0.311 e. The van der Waals surface area contributed by atoms with E-state index in [1.807, 2.05) is 11.5 Å². The minimum Gasteiger partial charge on any atom is -0.481 e. The smallest absolute Gasteiger partial charge is 0.311 e. The van der Waals surface area contributed by atoms with Gasteiger partial charge in [0.05, 0.1) is 29.5 Å². The number of thioether (sulfide) groups is 1. The summed E-state index contributed by atoms with van der Waals surface area (Å²) in [5.41, 5.74) is 0.542. The number of ether oxygens (including phenoxy) is 2. The zero-order valence-corrected chi connectivity index (χ0v) is 22.1. The molecule has 1 aromatic carbocycles. The average molecular weight is 556 g/mol. The van der Waals surface area contributed by atoms with E-state index < -0.39 is 6.10 Å². The Morgan fingerprint density at radius 1 is 1.34 bits per heavy atom. The molecule has 1 amide bonds. The molecule has 13 heteroatoms. The van der Waals surface area contributed by atoms with Gasteiger partial charge >= 0.3 is 5.97 Å². The van der Waals surface area contributed by atoms with Crippen LogP contribution in [0.25, 0.3) is 0 Å². The Labute approximate surface area is 220 Å². The third-order valence-electron chi connectivity index (χ3n) is 4.38. The first kappa shape index (κ1) is 27.0. The van der Waals surface area contributed by atoms with Gasteiger partial charge in [-0.15, -0.1) is 28.1 Å². The third-order valence-corrected chi connectivity index (χ3v) is 6.70. The van der Waals surface area contributed by atoms with Gasteiger partial charge in [-0.3, -0.25) is 14.2 Å². The van der Waals surface area contributed by atoms with Crippen molar-refractivity contribution in [1.29, 1.82) is 0 Å². The van der Waals surface area contributed by atoms with Gasteiger partial charge in [-0.1, -0.05) is 41.0 Å². The van der Waals surface area contributed by atoms with Crippen LogP contribution < -0.4 is 10.1 Å². The number of carbonyl (C=O) groups excluding carboxylic acids is 2. The van der Waals surface area contributed by atoms with E-state index >= 15 is 0 Å². The first-order valence-electron chi connectivity index (χ1n) is 10.5. The summed E-state index contributed by atoms with van der Waals surface area (Å²) in [4.78, 5) is 28.3. The summed E-state index contributed by atoms with van der Waals surface area (Å²) in [5, 5.41) is 14.8. The van der Waals surface area contributed by atoms with Gasteiger partial charge in [0, 0.05) is 23.0 Å². The van der Waals surface area contributed by atoms with Crippen LogP contribution in [0.4, 0.5) is 5.13 Å². The molecular weight excluding hydrogens is 533 g/mol. The van der Waals surface area contributed by atoms with E-state index in [4.69, 9.17) is 32.7 Å². The second kappa shape index (κ2) is 12.9. The Bertz CT molecular complexity index is 1200. The molecule has 1 unspecified atom stereocenters. The molecule has 186 valence electrons. The highest BCUT2D eigenvalue weighted by molar-refractivity contribution is 7.99. The van der Waals surface area contributed by atoms with Gasteiger partial charge in [-0.2, -0.15) is 0 Å². The lowest BCUT2D eigenvalue weighted by molar-refractivity contribution is -0.142. The number of benzene rings is 1. The summed E-state index contributed by atoms with van der Waals surface area (Å²) in [6.07, 6.45) is 1.27. The molecule has 1 N–H and O–H groups in total. The van der Waals surface area contributed by atoms with Gasteiger partial charge < -0.3 is 14.8 Å². The molecule has 9 nitrogen and oxygen atoms in total. The Morgan fingerprint density at radius 2 is 2.14 bits per heavy atom. The van der Waals surface area contributed by atoms with Gasteiger partial charge in [0.2, 0.25) is 5.91 Å². The fourth-order valence-corrected chi connectivity index (χ4v) is 4.72. The zero-order valence-electron chi connectivity index (χ0n) is 19.0. The number of halogens is 2. The summed E-state index contributed by atoms with van der Waals surface area (Å²) in [6.45, 7) is 8.08. The summed E-state index contributed by atoms with van der Waals surface area (Å²) < 4.78 is 12.7. The monoisotopic (exact) mass is 555 g/mol. The standard InChI is InChI=1S/C22H23Cl2N5O4S2/c1-4-8-29-20(13(3)33-17-9-14(23)6-7-16(17)24)27-28-22(29)35-12-18(30)26-21-25-15(11-34-21)10-19(31)32-5-2/h4,6-7,9,11,13H,1,5,8,10,12H2,2-3H3,(H,25,26,30).